The van der Waals surface area contributed by atoms with Crippen LogP contribution in [0.25, 0.3) is 0 Å². The topological polar surface area (TPSA) is 109 Å². The second-order valence-electron chi connectivity index (χ2n) is 8.07. The number of aliphatic hydroxyl groups excluding tert-OH is 1. The van der Waals surface area contributed by atoms with Crippen LogP contribution < -0.4 is 0 Å². The SMILES string of the molecule is CO.Cc1ccc(S(=O)(=O)O)cc1.Cc1ccc(S(=O)(=O)c2ccc(C)cc2)cc1.Cc1ccccc1. The van der Waals surface area contributed by atoms with Crippen molar-refractivity contribution in [3.05, 3.63) is 125 Å². The normalized spacial score (nSPS) is 10.5. The molecule has 2 N–H and O–H groups in total. The number of rotatable bonds is 3. The van der Waals surface area contributed by atoms with Gasteiger partial charge in [-0.05, 0) is 64.1 Å². The van der Waals surface area contributed by atoms with E-state index in [1.807, 2.05) is 39.0 Å². The molecule has 4 rings (SSSR count). The molecular weight excluding hydrogens is 508 g/mol. The zero-order chi connectivity index (χ0) is 28.1. The third kappa shape index (κ3) is 11.1. The van der Waals surface area contributed by atoms with E-state index in [0.29, 0.717) is 9.79 Å². The first-order valence-electron chi connectivity index (χ1n) is 11.3. The Morgan fingerprint density at radius 1 is 0.432 bits per heavy atom. The highest BCUT2D eigenvalue weighted by atomic mass is 32.2. The molecule has 0 aromatic heterocycles. The predicted octanol–water partition coefficient (Wildman–Crippen LogP) is 5.98. The van der Waals surface area contributed by atoms with Gasteiger partial charge >= 0.3 is 0 Å². The molecule has 0 spiro atoms. The minimum absolute atomic E-state index is 0.0666. The molecule has 0 aliphatic rings. The smallest absolute Gasteiger partial charge is 0.294 e. The molecule has 4 aromatic rings. The van der Waals surface area contributed by atoms with Gasteiger partial charge in [-0.3, -0.25) is 4.55 Å². The van der Waals surface area contributed by atoms with E-state index in [1.54, 1.807) is 60.7 Å². The minimum Gasteiger partial charge on any atom is -0.400 e. The van der Waals surface area contributed by atoms with Crippen molar-refractivity contribution in [1.29, 1.82) is 0 Å². The third-order valence-electron chi connectivity index (χ3n) is 4.92. The van der Waals surface area contributed by atoms with Gasteiger partial charge in [-0.15, -0.1) is 0 Å². The van der Waals surface area contributed by atoms with Crippen LogP contribution in [0.15, 0.2) is 118 Å². The quantitative estimate of drug-likeness (QED) is 0.308. The van der Waals surface area contributed by atoms with Crippen LogP contribution in [-0.4, -0.2) is 33.6 Å². The molecule has 198 valence electrons. The van der Waals surface area contributed by atoms with E-state index in [1.165, 1.54) is 17.7 Å². The van der Waals surface area contributed by atoms with Crippen molar-refractivity contribution >= 4 is 20.0 Å². The van der Waals surface area contributed by atoms with Crippen molar-refractivity contribution in [1.82, 2.24) is 0 Å². The second kappa shape index (κ2) is 15.1. The first-order chi connectivity index (χ1) is 17.4. The van der Waals surface area contributed by atoms with Crippen molar-refractivity contribution < 1.29 is 26.5 Å². The summed E-state index contributed by atoms with van der Waals surface area (Å²) < 4.78 is 54.1. The Labute approximate surface area is 220 Å². The fourth-order valence-electron chi connectivity index (χ4n) is 2.82. The lowest BCUT2D eigenvalue weighted by atomic mass is 10.2. The molecule has 0 fully saturated rings. The zero-order valence-electron chi connectivity index (χ0n) is 21.7. The molecule has 0 saturated heterocycles. The van der Waals surface area contributed by atoms with E-state index >= 15 is 0 Å². The number of benzene rings is 4. The zero-order valence-corrected chi connectivity index (χ0v) is 23.3. The molecular formula is C29H34O6S2. The van der Waals surface area contributed by atoms with Crippen LogP contribution in [-0.2, 0) is 20.0 Å². The van der Waals surface area contributed by atoms with Crippen LogP contribution in [0.4, 0.5) is 0 Å². The van der Waals surface area contributed by atoms with Gasteiger partial charge in [0.25, 0.3) is 10.1 Å². The highest BCUT2D eigenvalue weighted by molar-refractivity contribution is 7.91. The van der Waals surface area contributed by atoms with Gasteiger partial charge in [-0.2, -0.15) is 8.42 Å². The Balaban J connectivity index is 0.000000293. The number of sulfone groups is 1. The van der Waals surface area contributed by atoms with Gasteiger partial charge in [0.05, 0.1) is 14.7 Å². The summed E-state index contributed by atoms with van der Waals surface area (Å²) in [6, 6.07) is 30.0. The van der Waals surface area contributed by atoms with Gasteiger partial charge in [0.2, 0.25) is 9.84 Å². The van der Waals surface area contributed by atoms with E-state index in [9.17, 15) is 16.8 Å². The third-order valence-corrected chi connectivity index (χ3v) is 7.58. The maximum Gasteiger partial charge on any atom is 0.294 e. The summed E-state index contributed by atoms with van der Waals surface area (Å²) in [6.45, 7) is 7.79. The van der Waals surface area contributed by atoms with Gasteiger partial charge < -0.3 is 5.11 Å². The van der Waals surface area contributed by atoms with Crippen LogP contribution in [0.2, 0.25) is 0 Å². The average Bonchev–Trinajstić information content (AvgIpc) is 2.87. The number of aliphatic hydroxyl groups is 1. The van der Waals surface area contributed by atoms with E-state index in [4.69, 9.17) is 9.66 Å². The lowest BCUT2D eigenvalue weighted by molar-refractivity contribution is 0.399. The summed E-state index contributed by atoms with van der Waals surface area (Å²) in [4.78, 5) is 0.613. The lowest BCUT2D eigenvalue weighted by Gasteiger charge is -2.05. The molecule has 0 radical (unpaired) electrons. The molecule has 0 aliphatic heterocycles. The van der Waals surface area contributed by atoms with E-state index in [0.717, 1.165) is 23.8 Å². The van der Waals surface area contributed by atoms with Gasteiger partial charge in [0, 0.05) is 7.11 Å². The van der Waals surface area contributed by atoms with Crippen molar-refractivity contribution in [3.8, 4) is 0 Å². The monoisotopic (exact) mass is 542 g/mol. The van der Waals surface area contributed by atoms with Crippen LogP contribution in [0.3, 0.4) is 0 Å². The van der Waals surface area contributed by atoms with Gasteiger partial charge in [-0.1, -0.05) is 89.0 Å². The summed E-state index contributed by atoms with van der Waals surface area (Å²) >= 11 is 0. The molecule has 0 amide bonds. The first kappa shape index (κ1) is 31.7. The summed E-state index contributed by atoms with van der Waals surface area (Å²) in [7, 11) is -6.39. The van der Waals surface area contributed by atoms with Crippen molar-refractivity contribution in [2.24, 2.45) is 0 Å². The molecule has 0 bridgehead atoms. The molecule has 6 nitrogen and oxygen atoms in total. The van der Waals surface area contributed by atoms with Crippen molar-refractivity contribution in [2.75, 3.05) is 7.11 Å². The Morgan fingerprint density at radius 2 is 0.703 bits per heavy atom. The van der Waals surface area contributed by atoms with Crippen molar-refractivity contribution in [3.63, 3.8) is 0 Å². The van der Waals surface area contributed by atoms with Crippen LogP contribution in [0.5, 0.6) is 0 Å². The van der Waals surface area contributed by atoms with E-state index in [-0.39, 0.29) is 4.90 Å². The molecule has 0 unspecified atom stereocenters. The van der Waals surface area contributed by atoms with E-state index in [2.05, 4.69) is 19.1 Å². The highest BCUT2D eigenvalue weighted by Crippen LogP contribution is 2.21. The fraction of sp³-hybridized carbons (Fsp3) is 0.172. The largest absolute Gasteiger partial charge is 0.400 e. The fourth-order valence-corrected chi connectivity index (χ4v) is 4.56. The van der Waals surface area contributed by atoms with Crippen LogP contribution in [0.1, 0.15) is 22.3 Å². The Kier molecular flexibility index (Phi) is 12.9. The molecule has 4 aromatic carbocycles. The van der Waals surface area contributed by atoms with Gasteiger partial charge in [-0.25, -0.2) is 8.42 Å². The Hall–Kier alpha value is -3.30. The highest BCUT2D eigenvalue weighted by Gasteiger charge is 2.16. The molecule has 8 heteroatoms. The van der Waals surface area contributed by atoms with Crippen LogP contribution >= 0.6 is 0 Å². The maximum atomic E-state index is 12.3. The summed E-state index contributed by atoms with van der Waals surface area (Å²) in [6.07, 6.45) is 0. The summed E-state index contributed by atoms with van der Waals surface area (Å²) in [5, 5.41) is 7.00. The Morgan fingerprint density at radius 3 is 0.946 bits per heavy atom. The van der Waals surface area contributed by atoms with Crippen LogP contribution in [0, 0.1) is 27.7 Å². The van der Waals surface area contributed by atoms with Gasteiger partial charge in [0.15, 0.2) is 0 Å². The number of hydrogen-bond donors (Lipinski definition) is 2. The predicted molar refractivity (Wildman–Crippen MR) is 148 cm³/mol. The van der Waals surface area contributed by atoms with E-state index < -0.39 is 20.0 Å². The summed E-state index contributed by atoms with van der Waals surface area (Å²) in [5.74, 6) is 0. The lowest BCUT2D eigenvalue weighted by Crippen LogP contribution is -2.01. The molecule has 37 heavy (non-hydrogen) atoms. The molecule has 0 heterocycles. The molecule has 0 saturated carbocycles. The van der Waals surface area contributed by atoms with Gasteiger partial charge in [0.1, 0.15) is 0 Å². The second-order valence-corrected chi connectivity index (χ2v) is 11.4. The number of aryl methyl sites for hydroxylation is 4. The first-order valence-corrected chi connectivity index (χ1v) is 14.2. The summed E-state index contributed by atoms with van der Waals surface area (Å²) in [5.41, 5.74) is 4.38. The standard InChI is InChI=1S/C14H14O2S.C7H8O3S.C7H8.CH4O/c1-11-3-7-13(8-4-11)17(15,16)14-9-5-12(2)6-10-14;1-6-2-4-7(5-3-6)11(8,9)10;1-7-5-3-2-4-6-7;1-2/h3-10H,1-2H3;2-5H,1H3,(H,8,9,10);2-6H,1H3;2H,1H3. The maximum absolute atomic E-state index is 12.3. The average molecular weight is 543 g/mol. The number of hydrogen-bond acceptors (Lipinski definition) is 5. The Bertz CT molecular complexity index is 1360. The van der Waals surface area contributed by atoms with Crippen molar-refractivity contribution in [2.45, 2.75) is 42.4 Å². The molecule has 0 aliphatic carbocycles. The molecule has 0 atom stereocenters. The minimum atomic E-state index is -4.02.